The maximum atomic E-state index is 14.0. The molecule has 0 spiro atoms. The fourth-order valence-corrected chi connectivity index (χ4v) is 4.02. The molecule has 1 heterocycles. The third kappa shape index (κ3) is 3.20. The van der Waals surface area contributed by atoms with Crippen LogP contribution in [0, 0.1) is 18.2 Å². The third-order valence-electron chi connectivity index (χ3n) is 5.29. The number of carbonyl (C=O) groups excluding carboxylic acids is 1. The van der Waals surface area contributed by atoms with Gasteiger partial charge in [-0.3, -0.25) is 10.1 Å². The number of rotatable bonds is 5. The first-order chi connectivity index (χ1) is 11.8. The molecule has 1 saturated carbocycles. The number of nitrogens with one attached hydrogen (secondary N) is 2. The van der Waals surface area contributed by atoms with Gasteiger partial charge in [-0.2, -0.15) is 0 Å². The molecule has 2 aromatic rings. The molecular weight excluding hydrogens is 317 g/mol. The number of benzene rings is 1. The maximum absolute atomic E-state index is 14.0. The van der Waals surface area contributed by atoms with E-state index in [1.54, 1.807) is 6.07 Å². The summed E-state index contributed by atoms with van der Waals surface area (Å²) in [7, 11) is 0. The number of hydrogen-bond acceptors (Lipinski definition) is 2. The highest BCUT2D eigenvalue weighted by Gasteiger charge is 2.60. The first-order valence-corrected chi connectivity index (χ1v) is 8.88. The summed E-state index contributed by atoms with van der Waals surface area (Å²) in [6.45, 7) is 9.95. The first-order valence-electron chi connectivity index (χ1n) is 8.88. The van der Waals surface area contributed by atoms with Crippen LogP contribution in [0.15, 0.2) is 18.2 Å². The maximum Gasteiger partial charge on any atom is 0.223 e. The molecule has 4 nitrogen and oxygen atoms in total. The Morgan fingerprint density at radius 2 is 2.08 bits per heavy atom. The molecule has 2 atom stereocenters. The van der Waals surface area contributed by atoms with E-state index in [1.165, 1.54) is 12.5 Å². The van der Waals surface area contributed by atoms with E-state index < -0.39 is 0 Å². The summed E-state index contributed by atoms with van der Waals surface area (Å²) in [4.78, 5) is 19.0. The van der Waals surface area contributed by atoms with Crippen LogP contribution in [0.4, 0.5) is 10.3 Å². The Morgan fingerprint density at radius 1 is 1.36 bits per heavy atom. The lowest BCUT2D eigenvalue weighted by atomic mass is 9.99. The number of anilines is 1. The third-order valence-corrected chi connectivity index (χ3v) is 5.29. The van der Waals surface area contributed by atoms with Gasteiger partial charge >= 0.3 is 0 Å². The molecule has 1 aliphatic rings. The molecule has 1 fully saturated rings. The fraction of sp³-hybridized carbons (Fsp3) is 0.500. The summed E-state index contributed by atoms with van der Waals surface area (Å²) in [6.07, 6.45) is 1.68. The quantitative estimate of drug-likeness (QED) is 0.828. The monoisotopic (exact) mass is 343 g/mol. The number of carbonyl (C=O) groups is 1. The number of halogens is 1. The van der Waals surface area contributed by atoms with Crippen LogP contribution in [0.2, 0.25) is 0 Å². The van der Waals surface area contributed by atoms with Crippen molar-refractivity contribution in [2.75, 3.05) is 5.32 Å². The van der Waals surface area contributed by atoms with E-state index in [9.17, 15) is 9.18 Å². The second-order valence-corrected chi connectivity index (χ2v) is 7.65. The Bertz CT molecular complexity index is 809. The largest absolute Gasteiger partial charge is 0.328 e. The molecule has 5 heteroatoms. The predicted octanol–water partition coefficient (Wildman–Crippen LogP) is 4.68. The number of aromatic nitrogens is 2. The molecule has 134 valence electrons. The van der Waals surface area contributed by atoms with Crippen LogP contribution >= 0.6 is 0 Å². The number of nitrogens with zero attached hydrogens (tertiary/aromatic N) is 1. The Morgan fingerprint density at radius 3 is 2.72 bits per heavy atom. The highest BCUT2D eigenvalue weighted by molar-refractivity contribution is 5.86. The number of H-pyrrole nitrogens is 1. The van der Waals surface area contributed by atoms with Crippen LogP contribution in [0.3, 0.4) is 0 Å². The van der Waals surface area contributed by atoms with Crippen molar-refractivity contribution in [2.24, 2.45) is 5.41 Å². The molecule has 1 amide bonds. The van der Waals surface area contributed by atoms with Gasteiger partial charge in [-0.1, -0.05) is 39.3 Å². The predicted molar refractivity (Wildman–Crippen MR) is 97.3 cm³/mol. The zero-order valence-corrected chi connectivity index (χ0v) is 15.5. The molecule has 0 bridgehead atoms. The van der Waals surface area contributed by atoms with Crippen molar-refractivity contribution in [3.8, 4) is 0 Å². The van der Waals surface area contributed by atoms with Gasteiger partial charge in [0.1, 0.15) is 5.82 Å². The SMILES string of the molecule is CCCc1cc(C2C(c3nc(NC(C)=O)[nH]c3C)C2(C)C)ccc1F. The van der Waals surface area contributed by atoms with Crippen LogP contribution in [0.5, 0.6) is 0 Å². The van der Waals surface area contributed by atoms with Gasteiger partial charge in [0.15, 0.2) is 0 Å². The van der Waals surface area contributed by atoms with Gasteiger partial charge in [0.2, 0.25) is 11.9 Å². The molecule has 0 radical (unpaired) electrons. The molecule has 1 aromatic heterocycles. The average molecular weight is 343 g/mol. The van der Waals surface area contributed by atoms with Gasteiger partial charge in [-0.25, -0.2) is 9.37 Å². The number of hydrogen-bond donors (Lipinski definition) is 2. The van der Waals surface area contributed by atoms with E-state index in [0.717, 1.165) is 29.8 Å². The van der Waals surface area contributed by atoms with Crippen molar-refractivity contribution in [3.05, 3.63) is 46.5 Å². The van der Waals surface area contributed by atoms with Gasteiger partial charge in [0.05, 0.1) is 5.69 Å². The van der Waals surface area contributed by atoms with E-state index >= 15 is 0 Å². The number of imidazole rings is 1. The summed E-state index contributed by atoms with van der Waals surface area (Å²) in [5, 5.41) is 2.71. The summed E-state index contributed by atoms with van der Waals surface area (Å²) in [5.74, 6) is 0.786. The second-order valence-electron chi connectivity index (χ2n) is 7.65. The molecule has 0 aliphatic heterocycles. The van der Waals surface area contributed by atoms with Crippen LogP contribution in [0.25, 0.3) is 0 Å². The van der Waals surface area contributed by atoms with Gasteiger partial charge in [-0.15, -0.1) is 0 Å². The smallest absolute Gasteiger partial charge is 0.223 e. The summed E-state index contributed by atoms with van der Waals surface area (Å²) >= 11 is 0. The minimum atomic E-state index is -0.144. The van der Waals surface area contributed by atoms with Crippen LogP contribution in [0.1, 0.15) is 68.5 Å². The van der Waals surface area contributed by atoms with Crippen LogP contribution < -0.4 is 5.32 Å². The van der Waals surface area contributed by atoms with Crippen molar-refractivity contribution < 1.29 is 9.18 Å². The number of amides is 1. The lowest BCUT2D eigenvalue weighted by Gasteiger charge is -2.07. The lowest BCUT2D eigenvalue weighted by Crippen LogP contribution is -2.07. The van der Waals surface area contributed by atoms with Gasteiger partial charge < -0.3 is 4.98 Å². The lowest BCUT2D eigenvalue weighted by molar-refractivity contribution is -0.114. The van der Waals surface area contributed by atoms with E-state index in [2.05, 4.69) is 36.1 Å². The summed E-state index contributed by atoms with van der Waals surface area (Å²) in [6, 6.07) is 5.51. The molecule has 2 unspecified atom stereocenters. The molecule has 3 rings (SSSR count). The number of aryl methyl sites for hydroxylation is 2. The Balaban J connectivity index is 1.91. The Kier molecular flexibility index (Phi) is 4.43. The van der Waals surface area contributed by atoms with Crippen molar-refractivity contribution in [1.82, 2.24) is 9.97 Å². The Labute approximate surface area is 148 Å². The zero-order chi connectivity index (χ0) is 18.4. The van der Waals surface area contributed by atoms with E-state index in [0.29, 0.717) is 11.9 Å². The van der Waals surface area contributed by atoms with Gasteiger partial charge in [0, 0.05) is 18.5 Å². The average Bonchev–Trinajstić information content (AvgIpc) is 2.89. The highest BCUT2D eigenvalue weighted by atomic mass is 19.1. The minimum Gasteiger partial charge on any atom is -0.328 e. The molecule has 1 aliphatic carbocycles. The Hall–Kier alpha value is -2.17. The van der Waals surface area contributed by atoms with Crippen LogP contribution in [-0.2, 0) is 11.2 Å². The normalized spacial score (nSPS) is 21.2. The number of aromatic amines is 1. The van der Waals surface area contributed by atoms with E-state index in [4.69, 9.17) is 0 Å². The topological polar surface area (TPSA) is 57.8 Å². The minimum absolute atomic E-state index is 0.0504. The highest BCUT2D eigenvalue weighted by Crippen LogP contribution is 2.70. The molecule has 0 saturated heterocycles. The molecule has 1 aromatic carbocycles. The van der Waals surface area contributed by atoms with Gasteiger partial charge in [-0.05, 0) is 41.9 Å². The zero-order valence-electron chi connectivity index (χ0n) is 15.5. The fourth-order valence-electron chi connectivity index (χ4n) is 4.02. The van der Waals surface area contributed by atoms with Gasteiger partial charge in [0.25, 0.3) is 0 Å². The first kappa shape index (κ1) is 17.6. The van der Waals surface area contributed by atoms with Crippen LogP contribution in [-0.4, -0.2) is 15.9 Å². The summed E-state index contributed by atoms with van der Waals surface area (Å²) in [5.41, 5.74) is 3.97. The van der Waals surface area contributed by atoms with E-state index in [-0.39, 0.29) is 23.1 Å². The van der Waals surface area contributed by atoms with E-state index in [1.807, 2.05) is 19.1 Å². The van der Waals surface area contributed by atoms with Crippen molar-refractivity contribution in [2.45, 2.75) is 59.3 Å². The second kappa shape index (κ2) is 6.28. The molecular formula is C20H26FN3O. The molecule has 2 N–H and O–H groups in total. The molecule has 25 heavy (non-hydrogen) atoms. The van der Waals surface area contributed by atoms with Crippen molar-refractivity contribution >= 4 is 11.9 Å². The van der Waals surface area contributed by atoms with Crippen molar-refractivity contribution in [1.29, 1.82) is 0 Å². The van der Waals surface area contributed by atoms with Crippen molar-refractivity contribution in [3.63, 3.8) is 0 Å². The standard InChI is InChI=1S/C20H26FN3O/c1-6-7-13-10-14(8-9-15(13)21)16-17(20(16,4)5)18-11(2)22-19(24-18)23-12(3)25/h8-10,16-17H,6-7H2,1-5H3,(H2,22,23,24,25). The summed E-state index contributed by atoms with van der Waals surface area (Å²) < 4.78 is 14.0.